The van der Waals surface area contributed by atoms with Crippen LogP contribution in [-0.2, 0) is 17.9 Å². The van der Waals surface area contributed by atoms with Gasteiger partial charge in [-0.05, 0) is 32.0 Å². The van der Waals surface area contributed by atoms with Gasteiger partial charge in [0.1, 0.15) is 5.82 Å². The molecular weight excluding hydrogens is 312 g/mol. The van der Waals surface area contributed by atoms with E-state index >= 15 is 0 Å². The second-order valence-corrected chi connectivity index (χ2v) is 7.00. The molecule has 0 spiro atoms. The number of imidazole rings is 1. The third kappa shape index (κ3) is 4.48. The molecule has 1 aromatic heterocycles. The van der Waals surface area contributed by atoms with Crippen molar-refractivity contribution in [2.24, 2.45) is 0 Å². The van der Waals surface area contributed by atoms with E-state index in [0.717, 1.165) is 31.8 Å². The van der Waals surface area contributed by atoms with Crippen LogP contribution >= 0.6 is 0 Å². The lowest BCUT2D eigenvalue weighted by Gasteiger charge is -2.29. The quantitative estimate of drug-likeness (QED) is 0.840. The number of nitrogens with zero attached hydrogens (tertiary/aromatic N) is 4. The van der Waals surface area contributed by atoms with Gasteiger partial charge >= 0.3 is 0 Å². The average molecular weight is 340 g/mol. The van der Waals surface area contributed by atoms with Gasteiger partial charge in [0, 0.05) is 26.0 Å². The van der Waals surface area contributed by atoms with Crippen molar-refractivity contribution < 1.29 is 4.79 Å². The standard InChI is InChI=1S/C20H28N4O/c1-22-13-8-4-7-11-18(22)20(25)23(2)16-19-21-12-14-24(19)15-17-9-5-3-6-10-17/h3,5-6,9-10,12,14,18H,4,7-8,11,13,15-16H2,1-2H3/t18-/m0/s1. The van der Waals surface area contributed by atoms with Gasteiger partial charge in [0.2, 0.25) is 5.91 Å². The number of hydrogen-bond donors (Lipinski definition) is 0. The molecule has 1 atom stereocenters. The second-order valence-electron chi connectivity index (χ2n) is 7.00. The molecule has 0 unspecified atom stereocenters. The smallest absolute Gasteiger partial charge is 0.240 e. The number of rotatable bonds is 5. The van der Waals surface area contributed by atoms with Crippen LogP contribution in [-0.4, -0.2) is 51.9 Å². The van der Waals surface area contributed by atoms with Crippen LogP contribution in [0.4, 0.5) is 0 Å². The maximum Gasteiger partial charge on any atom is 0.240 e. The van der Waals surface area contributed by atoms with E-state index in [1.165, 1.54) is 18.4 Å². The van der Waals surface area contributed by atoms with Crippen molar-refractivity contribution in [3.63, 3.8) is 0 Å². The van der Waals surface area contributed by atoms with E-state index in [4.69, 9.17) is 0 Å². The molecule has 0 radical (unpaired) electrons. The van der Waals surface area contributed by atoms with Gasteiger partial charge in [-0.2, -0.15) is 0 Å². The molecule has 0 bridgehead atoms. The molecule has 0 aliphatic carbocycles. The number of benzene rings is 1. The summed E-state index contributed by atoms with van der Waals surface area (Å²) in [7, 11) is 3.96. The monoisotopic (exact) mass is 340 g/mol. The Balaban J connectivity index is 1.65. The van der Waals surface area contributed by atoms with Gasteiger partial charge < -0.3 is 9.47 Å². The summed E-state index contributed by atoms with van der Waals surface area (Å²) >= 11 is 0. The van der Waals surface area contributed by atoms with E-state index < -0.39 is 0 Å². The van der Waals surface area contributed by atoms with E-state index in [2.05, 4.69) is 33.6 Å². The zero-order chi connectivity index (χ0) is 17.6. The van der Waals surface area contributed by atoms with Crippen molar-refractivity contribution >= 4 is 5.91 Å². The number of aromatic nitrogens is 2. The maximum absolute atomic E-state index is 12.9. The minimum Gasteiger partial charge on any atom is -0.337 e. The van der Waals surface area contributed by atoms with Crippen molar-refractivity contribution in [1.82, 2.24) is 19.4 Å². The van der Waals surface area contributed by atoms with Crippen LogP contribution in [0.2, 0.25) is 0 Å². The summed E-state index contributed by atoms with van der Waals surface area (Å²) in [6.07, 6.45) is 8.30. The Bertz CT molecular complexity index is 682. The van der Waals surface area contributed by atoms with Gasteiger partial charge in [0.05, 0.1) is 12.6 Å². The first-order chi connectivity index (χ1) is 12.1. The summed E-state index contributed by atoms with van der Waals surface area (Å²) in [4.78, 5) is 21.4. The minimum absolute atomic E-state index is 0.00466. The number of hydrogen-bond acceptors (Lipinski definition) is 3. The SMILES string of the molecule is CN(Cc1nccn1Cc1ccccc1)C(=O)[C@@H]1CCCCCN1C. The first kappa shape index (κ1) is 17.7. The molecule has 1 aliphatic rings. The summed E-state index contributed by atoms with van der Waals surface area (Å²) in [5.74, 6) is 1.13. The van der Waals surface area contributed by atoms with Crippen LogP contribution < -0.4 is 0 Å². The number of carbonyl (C=O) groups is 1. The summed E-state index contributed by atoms with van der Waals surface area (Å²) in [5.41, 5.74) is 1.24. The van der Waals surface area contributed by atoms with E-state index in [1.54, 1.807) is 0 Å². The zero-order valence-electron chi connectivity index (χ0n) is 15.3. The molecule has 1 fully saturated rings. The molecule has 1 aliphatic heterocycles. The Morgan fingerprint density at radius 3 is 2.84 bits per heavy atom. The molecule has 5 heteroatoms. The molecule has 3 rings (SSSR count). The number of amides is 1. The van der Waals surface area contributed by atoms with Crippen LogP contribution in [0.5, 0.6) is 0 Å². The summed E-state index contributed by atoms with van der Waals surface area (Å²) in [5, 5.41) is 0. The van der Waals surface area contributed by atoms with E-state index in [1.807, 2.05) is 42.5 Å². The highest BCUT2D eigenvalue weighted by Crippen LogP contribution is 2.17. The van der Waals surface area contributed by atoms with Crippen LogP contribution in [0.1, 0.15) is 37.1 Å². The summed E-state index contributed by atoms with van der Waals surface area (Å²) in [6.45, 7) is 2.33. The minimum atomic E-state index is 0.00466. The molecule has 134 valence electrons. The van der Waals surface area contributed by atoms with Gasteiger partial charge in [-0.25, -0.2) is 4.98 Å². The van der Waals surface area contributed by atoms with Crippen molar-refractivity contribution in [3.8, 4) is 0 Å². The highest BCUT2D eigenvalue weighted by Gasteiger charge is 2.27. The number of likely N-dealkylation sites (tertiary alicyclic amines) is 1. The fourth-order valence-electron chi connectivity index (χ4n) is 3.52. The predicted octanol–water partition coefficient (Wildman–Crippen LogP) is 2.76. The topological polar surface area (TPSA) is 41.4 Å². The number of carbonyl (C=O) groups excluding carboxylic acids is 1. The highest BCUT2D eigenvalue weighted by molar-refractivity contribution is 5.81. The molecule has 25 heavy (non-hydrogen) atoms. The lowest BCUT2D eigenvalue weighted by molar-refractivity contribution is -0.136. The van der Waals surface area contributed by atoms with E-state index in [9.17, 15) is 4.79 Å². The first-order valence-electron chi connectivity index (χ1n) is 9.14. The third-order valence-electron chi connectivity index (χ3n) is 5.06. The van der Waals surface area contributed by atoms with Crippen LogP contribution in [0.15, 0.2) is 42.7 Å². The fourth-order valence-corrected chi connectivity index (χ4v) is 3.52. The summed E-state index contributed by atoms with van der Waals surface area (Å²) in [6, 6.07) is 10.3. The molecule has 1 aromatic carbocycles. The molecule has 0 N–H and O–H groups in total. The van der Waals surface area contributed by atoms with Gasteiger partial charge in [-0.15, -0.1) is 0 Å². The Kier molecular flexibility index (Phi) is 5.87. The number of likely N-dealkylation sites (N-methyl/N-ethyl adjacent to an activating group) is 2. The van der Waals surface area contributed by atoms with Crippen molar-refractivity contribution in [2.75, 3.05) is 20.6 Å². The van der Waals surface area contributed by atoms with E-state index in [0.29, 0.717) is 6.54 Å². The molecule has 1 saturated heterocycles. The largest absolute Gasteiger partial charge is 0.337 e. The average Bonchev–Trinajstić information content (AvgIpc) is 2.92. The highest BCUT2D eigenvalue weighted by atomic mass is 16.2. The third-order valence-corrected chi connectivity index (χ3v) is 5.06. The van der Waals surface area contributed by atoms with Gasteiger partial charge in [0.25, 0.3) is 0 Å². The lowest BCUT2D eigenvalue weighted by Crippen LogP contribution is -2.45. The molecule has 5 nitrogen and oxygen atoms in total. The second kappa shape index (κ2) is 8.30. The van der Waals surface area contributed by atoms with Crippen molar-refractivity contribution in [2.45, 2.75) is 44.8 Å². The predicted molar refractivity (Wildman–Crippen MR) is 99.1 cm³/mol. The molecule has 0 saturated carbocycles. The molecular formula is C20H28N4O. The Hall–Kier alpha value is -2.14. The molecule has 2 heterocycles. The maximum atomic E-state index is 12.9. The Morgan fingerprint density at radius 2 is 2.04 bits per heavy atom. The van der Waals surface area contributed by atoms with E-state index in [-0.39, 0.29) is 11.9 Å². The Morgan fingerprint density at radius 1 is 1.24 bits per heavy atom. The van der Waals surface area contributed by atoms with Crippen LogP contribution in [0.3, 0.4) is 0 Å². The van der Waals surface area contributed by atoms with Crippen LogP contribution in [0, 0.1) is 0 Å². The van der Waals surface area contributed by atoms with Crippen molar-refractivity contribution in [1.29, 1.82) is 0 Å². The van der Waals surface area contributed by atoms with Gasteiger partial charge in [0.15, 0.2) is 0 Å². The molecule has 2 aromatic rings. The Labute approximate surface area is 150 Å². The lowest BCUT2D eigenvalue weighted by atomic mass is 10.1. The fraction of sp³-hybridized carbons (Fsp3) is 0.500. The molecule has 1 amide bonds. The zero-order valence-corrected chi connectivity index (χ0v) is 15.3. The van der Waals surface area contributed by atoms with Crippen LogP contribution in [0.25, 0.3) is 0 Å². The normalized spacial score (nSPS) is 18.7. The van der Waals surface area contributed by atoms with Crippen molar-refractivity contribution in [3.05, 3.63) is 54.1 Å². The first-order valence-corrected chi connectivity index (χ1v) is 9.14. The summed E-state index contributed by atoms with van der Waals surface area (Å²) < 4.78 is 2.12. The van der Waals surface area contributed by atoms with Gasteiger partial charge in [-0.1, -0.05) is 43.2 Å². The van der Waals surface area contributed by atoms with Gasteiger partial charge in [-0.3, -0.25) is 9.69 Å².